The molecule has 0 N–H and O–H groups in total. The Morgan fingerprint density at radius 1 is 1.05 bits per heavy atom. The molecule has 3 nitrogen and oxygen atoms in total. The second kappa shape index (κ2) is 3.46. The highest BCUT2D eigenvalue weighted by molar-refractivity contribution is 6.23. The van der Waals surface area contributed by atoms with E-state index in [1.807, 2.05) is 31.2 Å². The van der Waals surface area contributed by atoms with Gasteiger partial charge < -0.3 is 0 Å². The van der Waals surface area contributed by atoms with E-state index in [1.165, 1.54) is 17.7 Å². The van der Waals surface area contributed by atoms with E-state index in [-0.39, 0.29) is 29.1 Å². The van der Waals surface area contributed by atoms with Crippen molar-refractivity contribution in [1.82, 2.24) is 0 Å². The van der Waals surface area contributed by atoms with Crippen molar-refractivity contribution in [2.24, 2.45) is 29.1 Å². The number of amides is 2. The summed E-state index contributed by atoms with van der Waals surface area (Å²) in [7, 11) is 0. The van der Waals surface area contributed by atoms with Crippen molar-refractivity contribution in [1.29, 1.82) is 0 Å². The quantitative estimate of drug-likeness (QED) is 0.585. The summed E-state index contributed by atoms with van der Waals surface area (Å²) in [5.74, 6) is 0.459. The number of nitrogens with zero attached hydrogens (tertiary/aromatic N) is 1. The molecule has 1 heterocycles. The molecule has 2 saturated carbocycles. The molecule has 4 unspecified atom stereocenters. The van der Waals surface area contributed by atoms with Gasteiger partial charge in [-0.05, 0) is 54.7 Å². The second-order valence-corrected chi connectivity index (χ2v) is 7.07. The van der Waals surface area contributed by atoms with Crippen molar-refractivity contribution >= 4 is 17.5 Å². The van der Waals surface area contributed by atoms with Crippen LogP contribution in [0.4, 0.5) is 5.69 Å². The van der Waals surface area contributed by atoms with Crippen LogP contribution in [0.25, 0.3) is 0 Å². The second-order valence-electron chi connectivity index (χ2n) is 7.07. The minimum Gasteiger partial charge on any atom is -0.274 e. The highest BCUT2D eigenvalue weighted by atomic mass is 16.2. The first-order chi connectivity index (χ1) is 10.1. The molecular formula is C18H17NO2. The normalized spacial score (nSPS) is 37.7. The molecular weight excluding hydrogens is 262 g/mol. The van der Waals surface area contributed by atoms with E-state index in [1.54, 1.807) is 0 Å². The Morgan fingerprint density at radius 3 is 2.19 bits per heavy atom. The van der Waals surface area contributed by atoms with Crippen LogP contribution in [0.15, 0.2) is 36.4 Å². The third kappa shape index (κ3) is 1.22. The van der Waals surface area contributed by atoms with Gasteiger partial charge in [0.2, 0.25) is 11.8 Å². The Labute approximate surface area is 123 Å². The average molecular weight is 279 g/mol. The molecule has 21 heavy (non-hydrogen) atoms. The molecule has 0 radical (unpaired) electrons. The lowest BCUT2D eigenvalue weighted by Gasteiger charge is -2.21. The van der Waals surface area contributed by atoms with Gasteiger partial charge in [-0.1, -0.05) is 24.3 Å². The summed E-state index contributed by atoms with van der Waals surface area (Å²) < 4.78 is 0. The van der Waals surface area contributed by atoms with Gasteiger partial charge in [0.25, 0.3) is 0 Å². The topological polar surface area (TPSA) is 37.4 Å². The first kappa shape index (κ1) is 11.7. The maximum atomic E-state index is 12.9. The van der Waals surface area contributed by atoms with Crippen LogP contribution in [0.1, 0.15) is 18.4 Å². The van der Waals surface area contributed by atoms with Gasteiger partial charge in [-0.25, -0.2) is 0 Å². The molecule has 106 valence electrons. The highest BCUT2D eigenvalue weighted by Gasteiger charge is 2.73. The third-order valence-electron chi connectivity index (χ3n) is 6.11. The third-order valence-corrected chi connectivity index (χ3v) is 6.11. The van der Waals surface area contributed by atoms with Gasteiger partial charge in [-0.3, -0.25) is 14.5 Å². The van der Waals surface area contributed by atoms with Crippen LogP contribution >= 0.6 is 0 Å². The van der Waals surface area contributed by atoms with Gasteiger partial charge in [0.05, 0.1) is 17.5 Å². The van der Waals surface area contributed by atoms with E-state index < -0.39 is 0 Å². The molecule has 1 aromatic rings. The summed E-state index contributed by atoms with van der Waals surface area (Å²) in [4.78, 5) is 27.2. The molecule has 2 bridgehead atoms. The van der Waals surface area contributed by atoms with E-state index in [2.05, 4.69) is 12.2 Å². The Morgan fingerprint density at radius 2 is 1.67 bits per heavy atom. The summed E-state index contributed by atoms with van der Waals surface area (Å²) >= 11 is 0. The Hall–Kier alpha value is -1.90. The molecule has 1 aromatic carbocycles. The Kier molecular flexibility index (Phi) is 1.93. The summed E-state index contributed by atoms with van der Waals surface area (Å²) in [6.07, 6.45) is 6.80. The van der Waals surface area contributed by atoms with Crippen molar-refractivity contribution < 1.29 is 9.59 Å². The molecule has 4 aliphatic rings. The van der Waals surface area contributed by atoms with Crippen molar-refractivity contribution in [2.45, 2.75) is 19.8 Å². The fourth-order valence-electron chi connectivity index (χ4n) is 5.10. The van der Waals surface area contributed by atoms with Crippen molar-refractivity contribution in [3.8, 4) is 0 Å². The summed E-state index contributed by atoms with van der Waals surface area (Å²) in [6, 6.07) is 7.69. The van der Waals surface area contributed by atoms with E-state index in [0.717, 1.165) is 11.3 Å². The average Bonchev–Trinajstić information content (AvgIpc) is 3.05. The minimum atomic E-state index is -0.101. The van der Waals surface area contributed by atoms with E-state index >= 15 is 0 Å². The zero-order chi connectivity index (χ0) is 14.4. The number of imide groups is 1. The molecule has 1 aliphatic heterocycles. The number of hydrogen-bond donors (Lipinski definition) is 0. The fraction of sp³-hybridized carbons (Fsp3) is 0.444. The van der Waals surface area contributed by atoms with Crippen LogP contribution in [0.5, 0.6) is 0 Å². The fourth-order valence-corrected chi connectivity index (χ4v) is 5.10. The Balaban J connectivity index is 1.59. The molecule has 3 heteroatoms. The van der Waals surface area contributed by atoms with E-state index in [9.17, 15) is 9.59 Å². The van der Waals surface area contributed by atoms with Gasteiger partial charge >= 0.3 is 0 Å². The van der Waals surface area contributed by atoms with Crippen LogP contribution < -0.4 is 4.90 Å². The van der Waals surface area contributed by atoms with Crippen LogP contribution in [-0.4, -0.2) is 11.8 Å². The maximum absolute atomic E-state index is 12.9. The largest absolute Gasteiger partial charge is 0.274 e. The lowest BCUT2D eigenvalue weighted by molar-refractivity contribution is -0.123. The number of fused-ring (bicyclic) bond motifs is 3. The predicted octanol–water partition coefficient (Wildman–Crippen LogP) is 2.70. The number of aryl methyl sites for hydroxylation is 1. The van der Waals surface area contributed by atoms with E-state index in [4.69, 9.17) is 0 Å². The van der Waals surface area contributed by atoms with Gasteiger partial charge in [0.15, 0.2) is 0 Å². The maximum Gasteiger partial charge on any atom is 0.238 e. The van der Waals surface area contributed by atoms with Crippen LogP contribution in [0.3, 0.4) is 0 Å². The predicted molar refractivity (Wildman–Crippen MR) is 78.4 cm³/mol. The van der Waals surface area contributed by atoms with Crippen LogP contribution in [0.2, 0.25) is 0 Å². The first-order valence-corrected chi connectivity index (χ1v) is 7.76. The van der Waals surface area contributed by atoms with Crippen LogP contribution in [-0.2, 0) is 9.59 Å². The molecule has 4 atom stereocenters. The number of hydrogen-bond acceptors (Lipinski definition) is 2. The molecule has 5 rings (SSSR count). The minimum absolute atomic E-state index is 0.0266. The smallest absolute Gasteiger partial charge is 0.238 e. The summed E-state index contributed by atoms with van der Waals surface area (Å²) in [5.41, 5.74) is 2.09. The van der Waals surface area contributed by atoms with Crippen LogP contribution in [0, 0.1) is 36.0 Å². The number of carbonyl (C=O) groups excluding carboxylic acids is 2. The summed E-state index contributed by atoms with van der Waals surface area (Å²) in [6.45, 7) is 1.99. The van der Waals surface area contributed by atoms with Gasteiger partial charge in [-0.15, -0.1) is 0 Å². The number of anilines is 1. The standard InChI is InChI=1S/C18H17NO2/c1-10-3-2-4-11(9-10)19-16(20)14-12-5-6-13(15(14)17(19)21)18(12)7-8-18/h2-6,9,12-15H,7-8H2,1H3. The number of rotatable bonds is 1. The molecule has 0 aromatic heterocycles. The van der Waals surface area contributed by atoms with E-state index in [0.29, 0.717) is 11.8 Å². The summed E-state index contributed by atoms with van der Waals surface area (Å²) in [5, 5.41) is 0. The zero-order valence-corrected chi connectivity index (χ0v) is 12.0. The lowest BCUT2D eigenvalue weighted by atomic mass is 9.85. The van der Waals surface area contributed by atoms with Crippen molar-refractivity contribution in [3.63, 3.8) is 0 Å². The lowest BCUT2D eigenvalue weighted by Crippen LogP contribution is -2.34. The number of carbonyl (C=O) groups is 2. The Bertz CT molecular complexity index is 682. The number of benzene rings is 1. The molecule has 1 saturated heterocycles. The SMILES string of the molecule is Cc1cccc(N2C(=O)C3C(C2=O)C2C=CC3C23CC3)c1. The number of allylic oxidation sites excluding steroid dienone is 2. The first-order valence-electron chi connectivity index (χ1n) is 7.76. The molecule has 1 spiro atoms. The molecule has 3 aliphatic carbocycles. The van der Waals surface area contributed by atoms with Gasteiger partial charge in [0, 0.05) is 0 Å². The van der Waals surface area contributed by atoms with Gasteiger partial charge in [0.1, 0.15) is 0 Å². The van der Waals surface area contributed by atoms with Crippen molar-refractivity contribution in [3.05, 3.63) is 42.0 Å². The zero-order valence-electron chi connectivity index (χ0n) is 12.0. The molecule has 3 fully saturated rings. The monoisotopic (exact) mass is 279 g/mol. The van der Waals surface area contributed by atoms with Crippen molar-refractivity contribution in [2.75, 3.05) is 4.90 Å². The molecule has 2 amide bonds. The van der Waals surface area contributed by atoms with Gasteiger partial charge in [-0.2, -0.15) is 0 Å². The highest BCUT2D eigenvalue weighted by Crippen LogP contribution is 2.73.